The fourth-order valence-electron chi connectivity index (χ4n) is 3.45. The summed E-state index contributed by atoms with van der Waals surface area (Å²) in [7, 11) is 0. The van der Waals surface area contributed by atoms with E-state index < -0.39 is 6.36 Å². The van der Waals surface area contributed by atoms with Gasteiger partial charge in [0.2, 0.25) is 5.91 Å². The van der Waals surface area contributed by atoms with Crippen molar-refractivity contribution in [1.29, 1.82) is 0 Å². The van der Waals surface area contributed by atoms with Crippen LogP contribution in [0.4, 0.5) is 13.2 Å². The summed E-state index contributed by atoms with van der Waals surface area (Å²) in [5.74, 6) is 0.464. The number of rotatable bonds is 7. The van der Waals surface area contributed by atoms with Crippen LogP contribution in [-0.4, -0.2) is 36.3 Å². The van der Waals surface area contributed by atoms with Gasteiger partial charge >= 0.3 is 6.36 Å². The first kappa shape index (κ1) is 19.0. The largest absolute Gasteiger partial charge is 0.573 e. The summed E-state index contributed by atoms with van der Waals surface area (Å²) < 4.78 is 40.5. The highest BCUT2D eigenvalue weighted by Gasteiger charge is 2.31. The number of hydrogen-bond donors (Lipinski definition) is 1. The smallest absolute Gasteiger partial charge is 0.406 e. The van der Waals surface area contributed by atoms with Crippen LogP contribution in [0.2, 0.25) is 0 Å². The van der Waals surface area contributed by atoms with E-state index >= 15 is 0 Å². The molecule has 1 amide bonds. The number of carbonyl (C=O) groups is 1. The van der Waals surface area contributed by atoms with Crippen molar-refractivity contribution in [3.63, 3.8) is 0 Å². The minimum atomic E-state index is -4.66. The van der Waals surface area contributed by atoms with E-state index in [9.17, 15) is 18.0 Å². The van der Waals surface area contributed by atoms with E-state index in [2.05, 4.69) is 15.0 Å². The van der Waals surface area contributed by atoms with Crippen LogP contribution in [0, 0.1) is 5.92 Å². The second kappa shape index (κ2) is 8.29. The van der Waals surface area contributed by atoms with Gasteiger partial charge in [-0.3, -0.25) is 9.69 Å². The minimum Gasteiger partial charge on any atom is -0.406 e. The van der Waals surface area contributed by atoms with Crippen LogP contribution in [-0.2, 0) is 11.3 Å². The molecule has 1 heterocycles. The Morgan fingerprint density at radius 3 is 2.58 bits per heavy atom. The lowest BCUT2D eigenvalue weighted by Crippen LogP contribution is -2.35. The molecule has 144 valence electrons. The van der Waals surface area contributed by atoms with E-state index in [1.807, 2.05) is 0 Å². The first-order valence-electron chi connectivity index (χ1n) is 9.24. The summed E-state index contributed by atoms with van der Waals surface area (Å²) in [6.45, 7) is 2.61. The lowest BCUT2D eigenvalue weighted by atomic mass is 9.93. The molecule has 0 radical (unpaired) electrons. The maximum atomic E-state index is 12.2. The van der Waals surface area contributed by atoms with Crippen LogP contribution in [0.3, 0.4) is 0 Å². The van der Waals surface area contributed by atoms with Crippen molar-refractivity contribution in [2.75, 3.05) is 13.1 Å². The van der Waals surface area contributed by atoms with Gasteiger partial charge in [-0.1, -0.05) is 12.1 Å². The van der Waals surface area contributed by atoms with Gasteiger partial charge in [-0.05, 0) is 62.3 Å². The molecule has 1 unspecified atom stereocenters. The first-order valence-corrected chi connectivity index (χ1v) is 9.24. The zero-order valence-electron chi connectivity index (χ0n) is 14.7. The summed E-state index contributed by atoms with van der Waals surface area (Å²) >= 11 is 0. The van der Waals surface area contributed by atoms with Crippen molar-refractivity contribution < 1.29 is 22.7 Å². The molecule has 1 aromatic rings. The fraction of sp³-hybridized carbons (Fsp3) is 0.632. The van der Waals surface area contributed by atoms with Crippen molar-refractivity contribution in [1.82, 2.24) is 10.2 Å². The molecule has 7 heteroatoms. The maximum Gasteiger partial charge on any atom is 0.573 e. The second-order valence-corrected chi connectivity index (χ2v) is 7.32. The highest BCUT2D eigenvalue weighted by Crippen LogP contribution is 2.25. The predicted octanol–water partition coefficient (Wildman–Crippen LogP) is 3.86. The van der Waals surface area contributed by atoms with Crippen LogP contribution >= 0.6 is 0 Å². The molecular formula is C19H25F3N2O2. The van der Waals surface area contributed by atoms with Crippen LogP contribution in [0.25, 0.3) is 0 Å². The summed E-state index contributed by atoms with van der Waals surface area (Å²) in [5, 5.41) is 3.02. The third-order valence-corrected chi connectivity index (χ3v) is 4.89. The molecule has 1 saturated carbocycles. The molecule has 26 heavy (non-hydrogen) atoms. The summed E-state index contributed by atoms with van der Waals surface area (Å²) in [6, 6.07) is 6.47. The Morgan fingerprint density at radius 2 is 1.92 bits per heavy atom. The van der Waals surface area contributed by atoms with Crippen molar-refractivity contribution in [3.05, 3.63) is 29.8 Å². The number of alkyl halides is 3. The van der Waals surface area contributed by atoms with Gasteiger partial charge in [0, 0.05) is 25.6 Å². The van der Waals surface area contributed by atoms with Crippen molar-refractivity contribution >= 4 is 5.91 Å². The monoisotopic (exact) mass is 370 g/mol. The van der Waals surface area contributed by atoms with Crippen LogP contribution < -0.4 is 10.1 Å². The molecule has 2 aliphatic rings. The fourth-order valence-corrected chi connectivity index (χ4v) is 3.45. The molecule has 4 nitrogen and oxygen atoms in total. The van der Waals surface area contributed by atoms with Gasteiger partial charge in [0.25, 0.3) is 0 Å². The van der Waals surface area contributed by atoms with Crippen LogP contribution in [0.15, 0.2) is 24.3 Å². The number of benzene rings is 1. The summed E-state index contributed by atoms with van der Waals surface area (Å²) in [4.78, 5) is 14.1. The van der Waals surface area contributed by atoms with Gasteiger partial charge in [0.05, 0.1) is 0 Å². The average Bonchev–Trinajstić information content (AvgIpc) is 3.38. The van der Waals surface area contributed by atoms with Gasteiger partial charge < -0.3 is 10.1 Å². The van der Waals surface area contributed by atoms with E-state index in [0.29, 0.717) is 24.9 Å². The quantitative estimate of drug-likeness (QED) is 0.793. The number of ether oxygens (including phenoxy) is 1. The molecule has 0 spiro atoms. The Balaban J connectivity index is 1.43. The number of nitrogens with zero attached hydrogens (tertiary/aromatic N) is 1. The van der Waals surface area contributed by atoms with Gasteiger partial charge in [-0.15, -0.1) is 13.2 Å². The summed E-state index contributed by atoms with van der Waals surface area (Å²) in [6.07, 6.45) is 1.25. The number of piperidine rings is 1. The van der Waals surface area contributed by atoms with Crippen molar-refractivity contribution in [2.45, 2.75) is 57.5 Å². The predicted molar refractivity (Wildman–Crippen MR) is 91.5 cm³/mol. The van der Waals surface area contributed by atoms with E-state index in [1.54, 1.807) is 12.1 Å². The zero-order valence-corrected chi connectivity index (χ0v) is 14.7. The molecule has 1 aliphatic heterocycles. The summed E-state index contributed by atoms with van der Waals surface area (Å²) in [5.41, 5.74) is 0.964. The number of halogens is 3. The zero-order chi connectivity index (χ0) is 18.6. The Kier molecular flexibility index (Phi) is 6.06. The highest BCUT2D eigenvalue weighted by molar-refractivity contribution is 5.76. The molecule has 2 fully saturated rings. The molecule has 1 N–H and O–H groups in total. The topological polar surface area (TPSA) is 41.6 Å². The maximum absolute atomic E-state index is 12.2. The standard InChI is InChI=1S/C19H25F3N2O2/c20-19(21,22)26-17-8-3-15(4-9-17)13-24-11-1-2-14(12-24)5-10-18(25)23-16-6-7-16/h3-4,8-9,14,16H,1-2,5-7,10-13H2,(H,23,25). The highest BCUT2D eigenvalue weighted by atomic mass is 19.4. The molecular weight excluding hydrogens is 345 g/mol. The Morgan fingerprint density at radius 1 is 1.19 bits per heavy atom. The SMILES string of the molecule is O=C(CCC1CCCN(Cc2ccc(OC(F)(F)F)cc2)C1)NC1CC1. The molecule has 0 bridgehead atoms. The Bertz CT molecular complexity index is 600. The number of nitrogens with one attached hydrogen (secondary N) is 1. The van der Waals surface area contributed by atoms with E-state index in [-0.39, 0.29) is 11.7 Å². The van der Waals surface area contributed by atoms with Gasteiger partial charge in [0.1, 0.15) is 5.75 Å². The lowest BCUT2D eigenvalue weighted by molar-refractivity contribution is -0.274. The van der Waals surface area contributed by atoms with Gasteiger partial charge in [-0.2, -0.15) is 0 Å². The molecule has 3 rings (SSSR count). The van der Waals surface area contributed by atoms with E-state index in [0.717, 1.165) is 50.8 Å². The van der Waals surface area contributed by atoms with Gasteiger partial charge in [0.15, 0.2) is 0 Å². The number of amides is 1. The second-order valence-electron chi connectivity index (χ2n) is 7.32. The Labute approximate surface area is 151 Å². The average molecular weight is 370 g/mol. The molecule has 1 atom stereocenters. The third kappa shape index (κ3) is 6.52. The molecule has 0 aromatic heterocycles. The molecule has 1 aliphatic carbocycles. The molecule has 1 aromatic carbocycles. The first-order chi connectivity index (χ1) is 12.4. The lowest BCUT2D eigenvalue weighted by Gasteiger charge is -2.32. The normalized spacial score (nSPS) is 21.4. The van der Waals surface area contributed by atoms with Crippen LogP contribution in [0.5, 0.6) is 5.75 Å². The minimum absolute atomic E-state index is 0.157. The van der Waals surface area contributed by atoms with E-state index in [4.69, 9.17) is 0 Å². The van der Waals surface area contributed by atoms with Crippen LogP contribution in [0.1, 0.15) is 44.1 Å². The number of hydrogen-bond acceptors (Lipinski definition) is 3. The van der Waals surface area contributed by atoms with E-state index in [1.165, 1.54) is 12.1 Å². The van der Waals surface area contributed by atoms with Gasteiger partial charge in [-0.25, -0.2) is 0 Å². The Hall–Kier alpha value is -1.76. The van der Waals surface area contributed by atoms with Crippen molar-refractivity contribution in [3.8, 4) is 5.75 Å². The third-order valence-electron chi connectivity index (χ3n) is 4.89. The van der Waals surface area contributed by atoms with Crippen molar-refractivity contribution in [2.24, 2.45) is 5.92 Å². The number of carbonyl (C=O) groups excluding carboxylic acids is 1. The number of likely N-dealkylation sites (tertiary alicyclic amines) is 1. The molecule has 1 saturated heterocycles.